The molecule has 3 aromatic rings. The number of carbonyl (C=O) groups is 1. The number of alkyl carbamates (subject to hydrolysis) is 1. The molecular weight excluding hydrogens is 482 g/mol. The smallest absolute Gasteiger partial charge is 0.449 e. The molecule has 6 nitrogen and oxygen atoms in total. The quantitative estimate of drug-likeness (QED) is 0.319. The highest BCUT2D eigenvalue weighted by molar-refractivity contribution is 6.56. The topological polar surface area (TPSA) is 69.7 Å². The van der Waals surface area contributed by atoms with Crippen LogP contribution in [0.25, 0.3) is 17.2 Å². The molecule has 0 spiro atoms. The third-order valence-corrected chi connectivity index (χ3v) is 7.79. The van der Waals surface area contributed by atoms with Crippen LogP contribution < -0.4 is 5.32 Å². The van der Waals surface area contributed by atoms with Gasteiger partial charge in [0.05, 0.1) is 11.2 Å². The molecule has 5 rings (SSSR count). The normalized spacial score (nSPS) is 17.7. The van der Waals surface area contributed by atoms with E-state index in [0.717, 1.165) is 16.7 Å². The average molecular weight is 514 g/mol. The molecule has 8 heteroatoms. The molecule has 1 aromatic heterocycles. The van der Waals surface area contributed by atoms with E-state index in [-0.39, 0.29) is 19.1 Å². The first-order valence-corrected chi connectivity index (χ1v) is 12.8. The van der Waals surface area contributed by atoms with Gasteiger partial charge in [0.25, 0.3) is 0 Å². The fourth-order valence-electron chi connectivity index (χ4n) is 4.89. The van der Waals surface area contributed by atoms with Gasteiger partial charge in [-0.15, -0.1) is 0 Å². The lowest BCUT2D eigenvalue weighted by Gasteiger charge is -2.32. The number of benzene rings is 2. The Balaban J connectivity index is 1.31. The molecule has 1 aliphatic heterocycles. The van der Waals surface area contributed by atoms with E-state index in [0.29, 0.717) is 11.0 Å². The SMILES string of the molecule is Cc1cnc(F)cc1C=C(CNC(=O)OCC1c2ccccc2-c2ccccc21)B1OC(C)(C)C(C)(C)O1. The molecule has 0 atom stereocenters. The van der Waals surface area contributed by atoms with Crippen LogP contribution in [0.2, 0.25) is 0 Å². The molecule has 2 heterocycles. The van der Waals surface area contributed by atoms with Crippen molar-refractivity contribution in [3.05, 3.63) is 94.5 Å². The number of nitrogens with zero attached hydrogens (tertiary/aromatic N) is 1. The average Bonchev–Trinajstić information content (AvgIpc) is 3.31. The standard InChI is InChI=1S/C30H32BFN2O4/c1-19-16-33-27(32)15-20(19)14-21(31-37-29(2,3)30(4,5)38-31)17-34-28(35)36-18-26-24-12-8-6-10-22(24)23-11-7-9-13-25(23)26/h6-16,26H,17-18H2,1-5H3,(H,34,35). The number of aryl methyl sites for hydroxylation is 1. The van der Waals surface area contributed by atoms with E-state index in [1.54, 1.807) is 6.08 Å². The molecule has 38 heavy (non-hydrogen) atoms. The van der Waals surface area contributed by atoms with Gasteiger partial charge in [0, 0.05) is 24.7 Å². The summed E-state index contributed by atoms with van der Waals surface area (Å²) >= 11 is 0. The van der Waals surface area contributed by atoms with Gasteiger partial charge in [-0.3, -0.25) is 0 Å². The Labute approximate surface area is 223 Å². The van der Waals surface area contributed by atoms with Crippen LogP contribution >= 0.6 is 0 Å². The Hall–Kier alpha value is -3.49. The lowest BCUT2D eigenvalue weighted by atomic mass is 9.76. The summed E-state index contributed by atoms with van der Waals surface area (Å²) in [6, 6.07) is 17.8. The van der Waals surface area contributed by atoms with Crippen molar-refractivity contribution in [1.82, 2.24) is 10.3 Å². The minimum Gasteiger partial charge on any atom is -0.449 e. The van der Waals surface area contributed by atoms with Crippen molar-refractivity contribution in [3.63, 3.8) is 0 Å². The summed E-state index contributed by atoms with van der Waals surface area (Å²) in [7, 11) is -0.718. The Morgan fingerprint density at radius 1 is 1.05 bits per heavy atom. The van der Waals surface area contributed by atoms with Crippen molar-refractivity contribution in [1.29, 1.82) is 0 Å². The van der Waals surface area contributed by atoms with Crippen molar-refractivity contribution in [2.45, 2.75) is 51.7 Å². The summed E-state index contributed by atoms with van der Waals surface area (Å²) in [6.07, 6.45) is 2.71. The van der Waals surface area contributed by atoms with Crippen molar-refractivity contribution >= 4 is 19.3 Å². The van der Waals surface area contributed by atoms with E-state index in [1.165, 1.54) is 23.4 Å². The number of nitrogens with one attached hydrogen (secondary N) is 1. The van der Waals surface area contributed by atoms with Crippen molar-refractivity contribution in [3.8, 4) is 11.1 Å². The zero-order chi connectivity index (χ0) is 27.1. The minimum atomic E-state index is -0.718. The Morgan fingerprint density at radius 3 is 2.24 bits per heavy atom. The number of halogens is 1. The number of carbonyl (C=O) groups excluding carboxylic acids is 1. The second-order valence-corrected chi connectivity index (χ2v) is 10.9. The van der Waals surface area contributed by atoms with Gasteiger partial charge in [-0.25, -0.2) is 9.78 Å². The molecule has 1 fully saturated rings. The maximum Gasteiger partial charge on any atom is 0.492 e. The molecule has 1 amide bonds. The molecule has 2 aromatic carbocycles. The first kappa shape index (κ1) is 26.1. The number of amides is 1. The van der Waals surface area contributed by atoms with Crippen LogP contribution in [0.1, 0.15) is 55.9 Å². The number of hydrogen-bond acceptors (Lipinski definition) is 5. The molecule has 1 aliphatic carbocycles. The number of fused-ring (bicyclic) bond motifs is 3. The van der Waals surface area contributed by atoms with Crippen LogP contribution in [0, 0.1) is 12.9 Å². The highest BCUT2D eigenvalue weighted by Gasteiger charge is 2.52. The summed E-state index contributed by atoms with van der Waals surface area (Å²) < 4.78 is 32.1. The van der Waals surface area contributed by atoms with Gasteiger partial charge in [0.1, 0.15) is 6.61 Å². The largest absolute Gasteiger partial charge is 0.492 e. The fraction of sp³-hybridized carbons (Fsp3) is 0.333. The second kappa shape index (κ2) is 10.0. The predicted molar refractivity (Wildman–Crippen MR) is 146 cm³/mol. The Kier molecular flexibility index (Phi) is 6.88. The summed E-state index contributed by atoms with van der Waals surface area (Å²) in [5.41, 5.74) is 5.57. The van der Waals surface area contributed by atoms with Gasteiger partial charge in [-0.2, -0.15) is 4.39 Å². The molecule has 0 unspecified atom stereocenters. The van der Waals surface area contributed by atoms with Gasteiger partial charge in [0.15, 0.2) is 0 Å². The van der Waals surface area contributed by atoms with E-state index in [1.807, 2.05) is 58.9 Å². The van der Waals surface area contributed by atoms with Crippen LogP contribution in [0.3, 0.4) is 0 Å². The number of ether oxygens (including phenoxy) is 1. The summed E-state index contributed by atoms with van der Waals surface area (Å²) in [5.74, 6) is -0.617. The Bertz CT molecular complexity index is 1340. The number of pyridine rings is 1. The maximum atomic E-state index is 13.9. The number of hydrogen-bond donors (Lipinski definition) is 1. The van der Waals surface area contributed by atoms with Crippen LogP contribution in [-0.4, -0.2) is 42.5 Å². The van der Waals surface area contributed by atoms with Crippen molar-refractivity contribution in [2.75, 3.05) is 13.2 Å². The zero-order valence-electron chi connectivity index (χ0n) is 22.4. The highest BCUT2D eigenvalue weighted by atomic mass is 19.1. The first-order valence-electron chi connectivity index (χ1n) is 12.8. The van der Waals surface area contributed by atoms with Gasteiger partial charge in [-0.1, -0.05) is 54.6 Å². The monoisotopic (exact) mass is 514 g/mol. The second-order valence-electron chi connectivity index (χ2n) is 10.9. The Morgan fingerprint density at radius 2 is 1.63 bits per heavy atom. The molecule has 196 valence electrons. The molecule has 0 saturated carbocycles. The predicted octanol–water partition coefficient (Wildman–Crippen LogP) is 6.08. The number of aromatic nitrogens is 1. The van der Waals surface area contributed by atoms with E-state index in [2.05, 4.69) is 34.6 Å². The summed E-state index contributed by atoms with van der Waals surface area (Å²) in [4.78, 5) is 16.6. The van der Waals surface area contributed by atoms with Crippen LogP contribution in [0.15, 0.2) is 66.3 Å². The molecule has 0 bridgehead atoms. The third-order valence-electron chi connectivity index (χ3n) is 7.79. The molecule has 1 saturated heterocycles. The third kappa shape index (κ3) is 4.98. The van der Waals surface area contributed by atoms with Gasteiger partial charge < -0.3 is 19.4 Å². The van der Waals surface area contributed by atoms with E-state index in [9.17, 15) is 9.18 Å². The fourth-order valence-corrected chi connectivity index (χ4v) is 4.89. The van der Waals surface area contributed by atoms with Crippen molar-refractivity contribution < 1.29 is 23.2 Å². The van der Waals surface area contributed by atoms with Crippen LogP contribution in [-0.2, 0) is 14.0 Å². The van der Waals surface area contributed by atoms with Gasteiger partial charge >= 0.3 is 13.2 Å². The highest BCUT2D eigenvalue weighted by Crippen LogP contribution is 2.44. The molecule has 0 radical (unpaired) electrons. The minimum absolute atomic E-state index is 0.0336. The first-order chi connectivity index (χ1) is 18.1. The molecule has 1 N–H and O–H groups in total. The van der Waals surface area contributed by atoms with Gasteiger partial charge in [-0.05, 0) is 73.5 Å². The van der Waals surface area contributed by atoms with E-state index >= 15 is 0 Å². The lowest BCUT2D eigenvalue weighted by Crippen LogP contribution is -2.41. The summed E-state index contributed by atoms with van der Waals surface area (Å²) in [6.45, 7) is 10.0. The number of rotatable bonds is 6. The lowest BCUT2D eigenvalue weighted by molar-refractivity contribution is 0.00578. The summed E-state index contributed by atoms with van der Waals surface area (Å²) in [5, 5.41) is 2.84. The van der Waals surface area contributed by atoms with Crippen LogP contribution in [0.5, 0.6) is 0 Å². The van der Waals surface area contributed by atoms with E-state index < -0.39 is 30.4 Å². The molecule has 2 aliphatic rings. The maximum absolute atomic E-state index is 13.9. The van der Waals surface area contributed by atoms with E-state index in [4.69, 9.17) is 14.0 Å². The van der Waals surface area contributed by atoms with Gasteiger partial charge in [0.2, 0.25) is 5.95 Å². The zero-order valence-corrected chi connectivity index (χ0v) is 22.4. The van der Waals surface area contributed by atoms with Crippen molar-refractivity contribution in [2.24, 2.45) is 0 Å². The molecular formula is C30H32BFN2O4. The van der Waals surface area contributed by atoms with Crippen LogP contribution in [0.4, 0.5) is 9.18 Å².